The molecule has 0 bridgehead atoms. The first-order valence-corrected chi connectivity index (χ1v) is 9.03. The quantitative estimate of drug-likeness (QED) is 0.166. The molecular formula is C17H6F20O3. The lowest BCUT2D eigenvalue weighted by Crippen LogP contribution is -2.72. The van der Waals surface area contributed by atoms with E-state index < -0.39 is 101 Å². The molecule has 3 nitrogen and oxygen atoms in total. The van der Waals surface area contributed by atoms with Crippen LogP contribution in [0.5, 0.6) is 5.75 Å². The van der Waals surface area contributed by atoms with Crippen molar-refractivity contribution in [3.05, 3.63) is 40.4 Å². The molecule has 0 aliphatic heterocycles. The zero-order valence-electron chi connectivity index (χ0n) is 17.8. The molecule has 0 saturated heterocycles. The van der Waals surface area contributed by atoms with Crippen LogP contribution in [0.2, 0.25) is 0 Å². The number of alkyl halides is 15. The summed E-state index contributed by atoms with van der Waals surface area (Å²) < 4.78 is 269. The van der Waals surface area contributed by atoms with Crippen LogP contribution in [-0.4, -0.2) is 51.9 Å². The van der Waals surface area contributed by atoms with Crippen LogP contribution in [0, 0.1) is 17.5 Å². The van der Waals surface area contributed by atoms with Gasteiger partial charge in [-0.25, -0.2) is 13.2 Å². The lowest BCUT2D eigenvalue weighted by molar-refractivity contribution is -0.451. The molecule has 2 N–H and O–H groups in total. The second kappa shape index (κ2) is 10.3. The average molecular weight is 638 g/mol. The van der Waals surface area contributed by atoms with Crippen LogP contribution < -0.4 is 4.74 Å². The standard InChI is InChI=1S/C17H6F20O3/c18-5-3(1-38)7(20)8(4(2-39)6(5)19)40-10(22)9(21)11(23,24)12(25,26)13(27,28)14(29,30)15(31,32)16(33,34)17(35,36)37/h38-39H,1-2H2. The molecule has 0 aliphatic rings. The van der Waals surface area contributed by atoms with Gasteiger partial charge in [-0.3, -0.25) is 0 Å². The third-order valence-corrected chi connectivity index (χ3v) is 4.74. The van der Waals surface area contributed by atoms with Crippen LogP contribution in [-0.2, 0) is 13.2 Å². The number of ether oxygens (including phenoxy) is 1. The van der Waals surface area contributed by atoms with Crippen molar-refractivity contribution < 1.29 is 103 Å². The second-order valence-electron chi connectivity index (χ2n) is 7.18. The van der Waals surface area contributed by atoms with Gasteiger partial charge in [0.15, 0.2) is 23.2 Å². The number of benzene rings is 1. The summed E-state index contributed by atoms with van der Waals surface area (Å²) in [6, 6.07) is -4.17. The zero-order valence-corrected chi connectivity index (χ0v) is 17.8. The van der Waals surface area contributed by atoms with Crippen LogP contribution in [0.15, 0.2) is 11.8 Å². The number of allylic oxidation sites excluding steroid dienone is 1. The molecule has 0 fully saturated rings. The summed E-state index contributed by atoms with van der Waals surface area (Å²) in [5.74, 6) is -66.1. The molecule has 40 heavy (non-hydrogen) atoms. The third kappa shape index (κ3) is 4.76. The highest BCUT2D eigenvalue weighted by Crippen LogP contribution is 2.63. The minimum atomic E-state index is -8.84. The molecule has 0 saturated carbocycles. The lowest BCUT2D eigenvalue weighted by atomic mass is 9.91. The second-order valence-corrected chi connectivity index (χ2v) is 7.18. The molecule has 1 rings (SSSR count). The fraction of sp³-hybridized carbons (Fsp3) is 0.529. The number of hydrogen-bond acceptors (Lipinski definition) is 3. The minimum Gasteiger partial charge on any atom is -0.426 e. The molecule has 0 spiro atoms. The first-order chi connectivity index (χ1) is 17.6. The Bertz CT molecular complexity index is 1150. The molecule has 1 aromatic carbocycles. The Morgan fingerprint density at radius 3 is 1.25 bits per heavy atom. The van der Waals surface area contributed by atoms with Gasteiger partial charge in [-0.1, -0.05) is 0 Å². The van der Waals surface area contributed by atoms with E-state index in [0.29, 0.717) is 0 Å². The first-order valence-electron chi connectivity index (χ1n) is 9.03. The van der Waals surface area contributed by atoms with Gasteiger partial charge in [-0.2, -0.15) is 74.6 Å². The highest BCUT2D eigenvalue weighted by atomic mass is 19.4. The van der Waals surface area contributed by atoms with E-state index in [1.54, 1.807) is 0 Å². The number of aliphatic hydroxyl groups excluding tert-OH is 2. The van der Waals surface area contributed by atoms with E-state index in [9.17, 15) is 87.8 Å². The highest BCUT2D eigenvalue weighted by Gasteiger charge is 2.93. The highest BCUT2D eigenvalue weighted by molar-refractivity contribution is 5.42. The Morgan fingerprint density at radius 1 is 0.525 bits per heavy atom. The molecule has 1 aromatic rings. The fourth-order valence-corrected chi connectivity index (χ4v) is 2.48. The van der Waals surface area contributed by atoms with Gasteiger partial charge in [0.05, 0.1) is 24.3 Å². The van der Waals surface area contributed by atoms with Crippen LogP contribution >= 0.6 is 0 Å². The maximum Gasteiger partial charge on any atom is 0.460 e. The number of rotatable bonds is 10. The van der Waals surface area contributed by atoms with Gasteiger partial charge in [0, 0.05) is 0 Å². The van der Waals surface area contributed by atoms with Gasteiger partial charge in [-0.05, 0) is 0 Å². The molecule has 0 heterocycles. The Balaban J connectivity index is 3.80. The lowest BCUT2D eigenvalue weighted by Gasteiger charge is -2.41. The van der Waals surface area contributed by atoms with Gasteiger partial charge >= 0.3 is 47.7 Å². The molecule has 0 radical (unpaired) electrons. The van der Waals surface area contributed by atoms with E-state index in [0.717, 1.165) is 0 Å². The van der Waals surface area contributed by atoms with Gasteiger partial charge in [0.25, 0.3) is 0 Å². The van der Waals surface area contributed by atoms with Crippen molar-refractivity contribution in [1.29, 1.82) is 0 Å². The summed E-state index contributed by atoms with van der Waals surface area (Å²) in [7, 11) is 0. The number of hydrogen-bond donors (Lipinski definition) is 2. The normalized spacial score (nSPS) is 15.3. The molecule has 0 unspecified atom stereocenters. The van der Waals surface area contributed by atoms with Gasteiger partial charge in [-0.15, -0.1) is 0 Å². The van der Waals surface area contributed by atoms with Gasteiger partial charge < -0.3 is 14.9 Å². The summed E-state index contributed by atoms with van der Waals surface area (Å²) in [4.78, 5) is 0. The smallest absolute Gasteiger partial charge is 0.426 e. The maximum atomic E-state index is 14.1. The van der Waals surface area contributed by atoms with Crippen LogP contribution in [0.1, 0.15) is 11.1 Å². The Kier molecular flexibility index (Phi) is 9.07. The van der Waals surface area contributed by atoms with E-state index >= 15 is 0 Å². The van der Waals surface area contributed by atoms with Crippen molar-refractivity contribution in [2.75, 3.05) is 0 Å². The number of halogens is 20. The van der Waals surface area contributed by atoms with Gasteiger partial charge in [0.1, 0.15) is 0 Å². The molecular weight excluding hydrogens is 632 g/mol. The van der Waals surface area contributed by atoms with Crippen molar-refractivity contribution in [1.82, 2.24) is 0 Å². The van der Waals surface area contributed by atoms with Crippen molar-refractivity contribution in [2.45, 2.75) is 54.9 Å². The largest absolute Gasteiger partial charge is 0.460 e. The van der Waals surface area contributed by atoms with Crippen LogP contribution in [0.4, 0.5) is 87.8 Å². The van der Waals surface area contributed by atoms with Crippen LogP contribution in [0.3, 0.4) is 0 Å². The topological polar surface area (TPSA) is 49.7 Å². The first kappa shape index (κ1) is 35.3. The van der Waals surface area contributed by atoms with E-state index in [4.69, 9.17) is 10.2 Å². The molecule has 0 aliphatic carbocycles. The van der Waals surface area contributed by atoms with E-state index in [1.165, 1.54) is 0 Å². The Morgan fingerprint density at radius 2 is 0.875 bits per heavy atom. The zero-order chi connectivity index (χ0) is 32.2. The Hall–Kier alpha value is -2.72. The molecule has 232 valence electrons. The van der Waals surface area contributed by atoms with Crippen LogP contribution in [0.25, 0.3) is 0 Å². The third-order valence-electron chi connectivity index (χ3n) is 4.74. The number of aliphatic hydroxyl groups is 2. The predicted molar refractivity (Wildman–Crippen MR) is 83.8 cm³/mol. The monoisotopic (exact) mass is 638 g/mol. The van der Waals surface area contributed by atoms with Crippen molar-refractivity contribution in [3.8, 4) is 5.75 Å². The minimum absolute atomic E-state index is 1.92. The van der Waals surface area contributed by atoms with E-state index in [1.807, 2.05) is 0 Å². The van der Waals surface area contributed by atoms with Crippen molar-refractivity contribution >= 4 is 0 Å². The van der Waals surface area contributed by atoms with E-state index in [2.05, 4.69) is 4.74 Å². The average Bonchev–Trinajstić information content (AvgIpc) is 2.81. The van der Waals surface area contributed by atoms with Crippen molar-refractivity contribution in [3.63, 3.8) is 0 Å². The molecule has 0 atom stereocenters. The summed E-state index contributed by atoms with van der Waals surface area (Å²) in [5.41, 5.74) is -3.94. The SMILES string of the molecule is OCc1c(F)c(F)c(CO)c(OC(F)=C(F)C(F)(F)C(F)(F)C(F)(F)C(F)(F)C(F)(F)C(F)(F)C(F)(F)F)c1F. The summed E-state index contributed by atoms with van der Waals surface area (Å²) >= 11 is 0. The van der Waals surface area contributed by atoms with E-state index in [-0.39, 0.29) is 0 Å². The molecule has 0 amide bonds. The summed E-state index contributed by atoms with van der Waals surface area (Å²) in [6.07, 6.45) is -7.91. The predicted octanol–water partition coefficient (Wildman–Crippen LogP) is 6.95. The molecule has 0 aromatic heterocycles. The Labute approximate surface area is 205 Å². The fourth-order valence-electron chi connectivity index (χ4n) is 2.48. The summed E-state index contributed by atoms with van der Waals surface area (Å²) in [5, 5.41) is 17.6. The van der Waals surface area contributed by atoms with Crippen molar-refractivity contribution in [2.24, 2.45) is 0 Å². The molecule has 23 heteroatoms. The summed E-state index contributed by atoms with van der Waals surface area (Å²) in [6.45, 7) is -3.97. The maximum absolute atomic E-state index is 14.1. The van der Waals surface area contributed by atoms with Gasteiger partial charge in [0.2, 0.25) is 5.83 Å².